The smallest absolute Gasteiger partial charge is 0.155 e. The van der Waals surface area contributed by atoms with Gasteiger partial charge in [-0.1, -0.05) is 0 Å². The molecule has 0 fully saturated rings. The second-order valence-electron chi connectivity index (χ2n) is 4.41. The van der Waals surface area contributed by atoms with Gasteiger partial charge < -0.3 is 5.32 Å². The number of aromatic nitrogens is 3. The third-order valence-corrected chi connectivity index (χ3v) is 1.81. The van der Waals surface area contributed by atoms with Crippen LogP contribution in [0.2, 0.25) is 0 Å². The van der Waals surface area contributed by atoms with Gasteiger partial charge in [-0.3, -0.25) is 5.10 Å². The molecule has 0 aliphatic carbocycles. The first-order chi connectivity index (χ1) is 6.54. The molecule has 0 atom stereocenters. The minimum Gasteiger partial charge on any atom is -0.379 e. The molecule has 0 unspecified atom stereocenters. The number of nitrogens with zero attached hydrogens (tertiary/aromatic N) is 2. The van der Waals surface area contributed by atoms with Crippen LogP contribution in [0.15, 0.2) is 18.5 Å². The van der Waals surface area contributed by atoms with E-state index in [1.54, 1.807) is 6.20 Å². The molecule has 0 bridgehead atoms. The quantitative estimate of drug-likeness (QED) is 0.724. The van der Waals surface area contributed by atoms with Crippen LogP contribution in [-0.4, -0.2) is 20.7 Å². The number of aromatic amines is 1. The molecule has 4 heteroatoms. The molecule has 0 aliphatic heterocycles. The van der Waals surface area contributed by atoms with Crippen molar-refractivity contribution in [3.8, 4) is 0 Å². The number of hydrogen-bond donors (Lipinski definition) is 2. The van der Waals surface area contributed by atoms with Gasteiger partial charge in [-0.05, 0) is 26.8 Å². The average Bonchev–Trinajstić information content (AvgIpc) is 2.47. The van der Waals surface area contributed by atoms with E-state index in [-0.39, 0.29) is 5.54 Å². The normalized spacial score (nSPS) is 11.9. The maximum Gasteiger partial charge on any atom is 0.155 e. The first-order valence-electron chi connectivity index (χ1n) is 4.62. The number of nitrogens with one attached hydrogen (secondary N) is 2. The van der Waals surface area contributed by atoms with Crippen LogP contribution in [-0.2, 0) is 0 Å². The molecule has 0 aliphatic rings. The van der Waals surface area contributed by atoms with Crippen molar-refractivity contribution in [1.29, 1.82) is 0 Å². The zero-order valence-corrected chi connectivity index (χ0v) is 8.63. The summed E-state index contributed by atoms with van der Waals surface area (Å²) in [5.41, 5.74) is 1.90. The van der Waals surface area contributed by atoms with E-state index in [1.807, 2.05) is 12.3 Å². The second-order valence-corrected chi connectivity index (χ2v) is 4.41. The minimum atomic E-state index is 0.0547. The topological polar surface area (TPSA) is 53.6 Å². The molecular weight excluding hydrogens is 176 g/mol. The van der Waals surface area contributed by atoms with Gasteiger partial charge in [0.05, 0.1) is 18.1 Å². The average molecular weight is 190 g/mol. The monoisotopic (exact) mass is 190 g/mol. The molecule has 2 aromatic heterocycles. The highest BCUT2D eigenvalue weighted by molar-refractivity contribution is 5.77. The highest BCUT2D eigenvalue weighted by Crippen LogP contribution is 2.17. The van der Waals surface area contributed by atoms with E-state index in [0.717, 1.165) is 16.7 Å². The zero-order chi connectivity index (χ0) is 10.2. The van der Waals surface area contributed by atoms with Crippen LogP contribution in [0.5, 0.6) is 0 Å². The van der Waals surface area contributed by atoms with Gasteiger partial charge in [0, 0.05) is 10.9 Å². The summed E-state index contributed by atoms with van der Waals surface area (Å²) < 4.78 is 0. The van der Waals surface area contributed by atoms with Crippen molar-refractivity contribution in [2.45, 2.75) is 26.3 Å². The van der Waals surface area contributed by atoms with E-state index in [2.05, 4.69) is 41.3 Å². The van der Waals surface area contributed by atoms with E-state index in [4.69, 9.17) is 0 Å². The molecule has 0 radical (unpaired) electrons. The second kappa shape index (κ2) is 2.97. The number of rotatable bonds is 1. The molecule has 2 N–H and O–H groups in total. The van der Waals surface area contributed by atoms with Gasteiger partial charge in [0.25, 0.3) is 0 Å². The first kappa shape index (κ1) is 8.99. The largest absolute Gasteiger partial charge is 0.379 e. The van der Waals surface area contributed by atoms with Crippen LogP contribution in [0.3, 0.4) is 0 Å². The number of pyridine rings is 1. The van der Waals surface area contributed by atoms with Gasteiger partial charge in [-0.15, -0.1) is 0 Å². The fourth-order valence-electron chi connectivity index (χ4n) is 1.34. The summed E-state index contributed by atoms with van der Waals surface area (Å²) in [6.07, 6.45) is 3.59. The van der Waals surface area contributed by atoms with Gasteiger partial charge in [0.1, 0.15) is 0 Å². The van der Waals surface area contributed by atoms with Crippen molar-refractivity contribution in [3.63, 3.8) is 0 Å². The molecule has 4 nitrogen and oxygen atoms in total. The molecule has 2 heterocycles. The highest BCUT2D eigenvalue weighted by Gasteiger charge is 2.09. The molecule has 0 amide bonds. The molecular formula is C10H14N4. The minimum absolute atomic E-state index is 0.0547. The van der Waals surface area contributed by atoms with Crippen LogP contribution in [0.4, 0.5) is 5.69 Å². The van der Waals surface area contributed by atoms with Crippen molar-refractivity contribution < 1.29 is 0 Å². The Morgan fingerprint density at radius 2 is 2.07 bits per heavy atom. The van der Waals surface area contributed by atoms with Crippen molar-refractivity contribution in [1.82, 2.24) is 15.2 Å². The Bertz CT molecular complexity index is 439. The lowest BCUT2D eigenvalue weighted by Gasteiger charge is -2.21. The fourth-order valence-corrected chi connectivity index (χ4v) is 1.34. The van der Waals surface area contributed by atoms with Crippen LogP contribution in [0.25, 0.3) is 11.0 Å². The lowest BCUT2D eigenvalue weighted by Crippen LogP contribution is -2.26. The Labute approximate surface area is 82.7 Å². The number of H-pyrrole nitrogens is 1. The van der Waals surface area contributed by atoms with Gasteiger partial charge in [-0.25, -0.2) is 4.98 Å². The predicted molar refractivity (Wildman–Crippen MR) is 57.3 cm³/mol. The number of hydrogen-bond acceptors (Lipinski definition) is 3. The molecule has 14 heavy (non-hydrogen) atoms. The van der Waals surface area contributed by atoms with E-state index in [0.29, 0.717) is 0 Å². The van der Waals surface area contributed by atoms with Gasteiger partial charge in [-0.2, -0.15) is 5.10 Å². The lowest BCUT2D eigenvalue weighted by molar-refractivity contribution is 0.634. The molecule has 0 aromatic carbocycles. The zero-order valence-electron chi connectivity index (χ0n) is 8.63. The number of fused-ring (bicyclic) bond motifs is 1. The maximum absolute atomic E-state index is 4.24. The third kappa shape index (κ3) is 1.84. The fraction of sp³-hybridized carbons (Fsp3) is 0.400. The molecule has 2 aromatic rings. The third-order valence-electron chi connectivity index (χ3n) is 1.81. The highest BCUT2D eigenvalue weighted by atomic mass is 15.1. The van der Waals surface area contributed by atoms with Crippen LogP contribution < -0.4 is 5.32 Å². The molecule has 0 spiro atoms. The summed E-state index contributed by atoms with van der Waals surface area (Å²) >= 11 is 0. The van der Waals surface area contributed by atoms with Crippen molar-refractivity contribution in [2.75, 3.05) is 5.32 Å². The standard InChI is InChI=1S/C10H14N4/c1-10(2,3)13-8-4-7-5-12-14-9(7)11-6-8/h4-6,13H,1-3H3,(H,11,12,14). The summed E-state index contributed by atoms with van der Waals surface area (Å²) in [7, 11) is 0. The number of anilines is 1. The van der Waals surface area contributed by atoms with E-state index in [9.17, 15) is 0 Å². The van der Waals surface area contributed by atoms with Crippen LogP contribution in [0.1, 0.15) is 20.8 Å². The van der Waals surface area contributed by atoms with Crippen LogP contribution >= 0.6 is 0 Å². The SMILES string of the molecule is CC(C)(C)Nc1cnc2[nH]ncc2c1. The van der Waals surface area contributed by atoms with E-state index >= 15 is 0 Å². The van der Waals surface area contributed by atoms with Crippen molar-refractivity contribution in [3.05, 3.63) is 18.5 Å². The van der Waals surface area contributed by atoms with Gasteiger partial charge >= 0.3 is 0 Å². The summed E-state index contributed by atoms with van der Waals surface area (Å²) in [5, 5.41) is 11.1. The first-order valence-corrected chi connectivity index (χ1v) is 4.62. The maximum atomic E-state index is 4.24. The van der Waals surface area contributed by atoms with Crippen molar-refractivity contribution in [2.24, 2.45) is 0 Å². The predicted octanol–water partition coefficient (Wildman–Crippen LogP) is 2.17. The summed E-state index contributed by atoms with van der Waals surface area (Å²) in [6, 6.07) is 2.04. The Hall–Kier alpha value is -1.58. The lowest BCUT2D eigenvalue weighted by atomic mass is 10.1. The Kier molecular flexibility index (Phi) is 1.91. The molecule has 0 saturated heterocycles. The molecule has 74 valence electrons. The van der Waals surface area contributed by atoms with Gasteiger partial charge in [0.15, 0.2) is 5.65 Å². The van der Waals surface area contributed by atoms with E-state index in [1.165, 1.54) is 0 Å². The van der Waals surface area contributed by atoms with Crippen molar-refractivity contribution >= 4 is 16.7 Å². The molecule has 2 rings (SSSR count). The van der Waals surface area contributed by atoms with E-state index < -0.39 is 0 Å². The van der Waals surface area contributed by atoms with Gasteiger partial charge in [0.2, 0.25) is 0 Å². The summed E-state index contributed by atoms with van der Waals surface area (Å²) in [5.74, 6) is 0. The Balaban J connectivity index is 2.35. The summed E-state index contributed by atoms with van der Waals surface area (Å²) in [6.45, 7) is 6.35. The summed E-state index contributed by atoms with van der Waals surface area (Å²) in [4.78, 5) is 4.24. The Morgan fingerprint density at radius 1 is 1.29 bits per heavy atom. The van der Waals surface area contributed by atoms with Crippen LogP contribution in [0, 0.1) is 0 Å². The Morgan fingerprint density at radius 3 is 2.79 bits per heavy atom. The molecule has 0 saturated carbocycles.